The molecule has 0 N–H and O–H groups in total. The molecule has 200 valence electrons. The van der Waals surface area contributed by atoms with Crippen LogP contribution in [-0.2, 0) is 9.59 Å². The summed E-state index contributed by atoms with van der Waals surface area (Å²) >= 11 is 0. The molecule has 2 fully saturated rings. The van der Waals surface area contributed by atoms with Gasteiger partial charge in [0.1, 0.15) is 5.82 Å². The van der Waals surface area contributed by atoms with Crippen LogP contribution in [0.3, 0.4) is 0 Å². The van der Waals surface area contributed by atoms with Crippen LogP contribution >= 0.6 is 0 Å². The van der Waals surface area contributed by atoms with Gasteiger partial charge in [0, 0.05) is 83.1 Å². The molecule has 0 spiro atoms. The van der Waals surface area contributed by atoms with Crippen molar-refractivity contribution in [3.8, 4) is 0 Å². The summed E-state index contributed by atoms with van der Waals surface area (Å²) in [4.78, 5) is 47.3. The Morgan fingerprint density at radius 2 is 1.08 bits per heavy atom. The van der Waals surface area contributed by atoms with Gasteiger partial charge < -0.3 is 14.7 Å². The van der Waals surface area contributed by atoms with Crippen LogP contribution in [0.4, 0.5) is 21.5 Å². The predicted octanol–water partition coefficient (Wildman–Crippen LogP) is 4.02. The number of benzene rings is 2. The van der Waals surface area contributed by atoms with E-state index in [1.807, 2.05) is 9.80 Å². The van der Waals surface area contributed by atoms with Gasteiger partial charge in [0.15, 0.2) is 0 Å². The van der Waals surface area contributed by atoms with E-state index in [4.69, 9.17) is 0 Å². The number of amides is 2. The maximum atomic E-state index is 12.1. The molecule has 0 radical (unpaired) electrons. The topological polar surface area (TPSA) is 130 Å². The highest BCUT2D eigenvalue weighted by Gasteiger charge is 2.19. The molecule has 12 heteroatoms. The van der Waals surface area contributed by atoms with Crippen LogP contribution in [0.15, 0.2) is 48.5 Å². The van der Waals surface area contributed by atoms with Gasteiger partial charge in [-0.3, -0.25) is 29.8 Å². The number of non-ortho nitro benzene ring substituents is 2. The summed E-state index contributed by atoms with van der Waals surface area (Å²) < 4.78 is 12.1. The van der Waals surface area contributed by atoms with Crippen LogP contribution in [0.2, 0.25) is 0 Å². The van der Waals surface area contributed by atoms with Crippen LogP contribution in [0, 0.1) is 26.0 Å². The first kappa shape index (κ1) is 29.1. The third-order valence-corrected chi connectivity index (χ3v) is 5.99. The molecule has 2 aromatic carbocycles. The van der Waals surface area contributed by atoms with Gasteiger partial charge in [0.25, 0.3) is 11.4 Å². The van der Waals surface area contributed by atoms with Crippen molar-refractivity contribution >= 4 is 28.9 Å². The summed E-state index contributed by atoms with van der Waals surface area (Å²) in [6, 6.07) is 10.9. The van der Waals surface area contributed by atoms with Crippen LogP contribution < -0.4 is 4.90 Å². The standard InChI is InChI=1S/C12H15N3O3.C7H13NO.C6H4FNO2/c1-10(16)13-6-8-14(9-7-13)11-2-4-12(5-3-11)15(17)18;1-7(9)8-5-3-2-4-6-8;7-5-1-3-6(4-2-5)8(9)10/h2-5H,6-9H2,1H3;2-6H2,1H3;1-4H. The molecule has 4 rings (SSSR count). The van der Waals surface area contributed by atoms with Gasteiger partial charge in [-0.2, -0.15) is 0 Å². The fourth-order valence-corrected chi connectivity index (χ4v) is 3.84. The Kier molecular flexibility index (Phi) is 11.4. The van der Waals surface area contributed by atoms with E-state index in [0.717, 1.165) is 56.1 Å². The van der Waals surface area contributed by atoms with E-state index >= 15 is 0 Å². The maximum absolute atomic E-state index is 12.1. The van der Waals surface area contributed by atoms with Gasteiger partial charge in [-0.05, 0) is 43.5 Å². The monoisotopic (exact) mass is 517 g/mol. The number of nitro groups is 2. The zero-order chi connectivity index (χ0) is 27.4. The van der Waals surface area contributed by atoms with Crippen LogP contribution in [-0.4, -0.2) is 70.7 Å². The van der Waals surface area contributed by atoms with Crippen molar-refractivity contribution in [3.63, 3.8) is 0 Å². The highest BCUT2D eigenvalue weighted by atomic mass is 19.1. The van der Waals surface area contributed by atoms with Crippen molar-refractivity contribution in [1.29, 1.82) is 0 Å². The van der Waals surface area contributed by atoms with Crippen molar-refractivity contribution < 1.29 is 23.8 Å². The molecule has 0 saturated carbocycles. The Balaban J connectivity index is 0.000000214. The fraction of sp³-hybridized carbons (Fsp3) is 0.440. The SMILES string of the molecule is CC(=O)N1CCCCC1.CC(=O)N1CCN(c2ccc([N+](=O)[O-])cc2)CC1.O=[N+]([O-])c1ccc(F)cc1. The number of carbonyl (C=O) groups is 2. The number of likely N-dealkylation sites (tertiary alicyclic amines) is 1. The summed E-state index contributed by atoms with van der Waals surface area (Å²) in [5.41, 5.74) is 0.964. The smallest absolute Gasteiger partial charge is 0.269 e. The first-order valence-electron chi connectivity index (χ1n) is 12.0. The van der Waals surface area contributed by atoms with Crippen molar-refractivity contribution in [3.05, 3.63) is 74.6 Å². The molecule has 0 atom stereocenters. The number of nitrogens with zero attached hydrogens (tertiary/aromatic N) is 5. The first-order chi connectivity index (χ1) is 17.6. The first-order valence-corrected chi connectivity index (χ1v) is 12.0. The number of piperidine rings is 1. The summed E-state index contributed by atoms with van der Waals surface area (Å²) in [6.45, 7) is 8.10. The lowest BCUT2D eigenvalue weighted by molar-refractivity contribution is -0.385. The quantitative estimate of drug-likeness (QED) is 0.444. The van der Waals surface area contributed by atoms with Gasteiger partial charge in [-0.25, -0.2) is 4.39 Å². The van der Waals surface area contributed by atoms with Gasteiger partial charge >= 0.3 is 0 Å². The minimum Gasteiger partial charge on any atom is -0.368 e. The normalized spacial score (nSPS) is 14.9. The second-order valence-electron chi connectivity index (χ2n) is 8.57. The molecule has 11 nitrogen and oxygen atoms in total. The lowest BCUT2D eigenvalue weighted by Gasteiger charge is -2.35. The third kappa shape index (κ3) is 9.82. The summed E-state index contributed by atoms with van der Waals surface area (Å²) in [7, 11) is 0. The molecular formula is C25H32FN5O6. The van der Waals surface area contributed by atoms with Gasteiger partial charge in [0.05, 0.1) is 9.85 Å². The number of halogens is 1. The highest BCUT2D eigenvalue weighted by Crippen LogP contribution is 2.20. The van der Waals surface area contributed by atoms with E-state index in [2.05, 4.69) is 4.90 Å². The molecule has 2 aliphatic rings. The molecule has 2 aromatic rings. The number of carbonyl (C=O) groups excluding carboxylic acids is 2. The van der Waals surface area contributed by atoms with Crippen molar-refractivity contribution in [1.82, 2.24) is 9.80 Å². The zero-order valence-corrected chi connectivity index (χ0v) is 21.0. The Bertz CT molecular complexity index is 1050. The van der Waals surface area contributed by atoms with E-state index < -0.39 is 15.7 Å². The Morgan fingerprint density at radius 3 is 1.46 bits per heavy atom. The largest absolute Gasteiger partial charge is 0.368 e. The molecule has 37 heavy (non-hydrogen) atoms. The molecule has 0 bridgehead atoms. The fourth-order valence-electron chi connectivity index (χ4n) is 3.84. The van der Waals surface area contributed by atoms with Gasteiger partial charge in [0.2, 0.25) is 11.8 Å². The number of hydrogen-bond donors (Lipinski definition) is 0. The van der Waals surface area contributed by atoms with Crippen LogP contribution in [0.25, 0.3) is 0 Å². The van der Waals surface area contributed by atoms with E-state index in [1.54, 1.807) is 26.0 Å². The molecule has 0 aliphatic carbocycles. The second-order valence-corrected chi connectivity index (χ2v) is 8.57. The lowest BCUT2D eigenvalue weighted by atomic mass is 10.1. The van der Waals surface area contributed by atoms with Crippen LogP contribution in [0.1, 0.15) is 33.1 Å². The number of nitro benzene ring substituents is 2. The van der Waals surface area contributed by atoms with E-state index in [-0.39, 0.29) is 23.2 Å². The number of anilines is 1. The van der Waals surface area contributed by atoms with E-state index in [9.17, 15) is 34.2 Å². The van der Waals surface area contributed by atoms with E-state index in [0.29, 0.717) is 13.1 Å². The second kappa shape index (κ2) is 14.5. The molecule has 0 unspecified atom stereocenters. The summed E-state index contributed by atoms with van der Waals surface area (Å²) in [5, 5.41) is 20.5. The maximum Gasteiger partial charge on any atom is 0.269 e. The number of hydrogen-bond acceptors (Lipinski definition) is 7. The van der Waals surface area contributed by atoms with Crippen molar-refractivity contribution in [2.24, 2.45) is 0 Å². The molecule has 2 amide bonds. The van der Waals surface area contributed by atoms with E-state index in [1.165, 1.54) is 31.4 Å². The van der Waals surface area contributed by atoms with Crippen molar-refractivity contribution in [2.45, 2.75) is 33.1 Å². The highest BCUT2D eigenvalue weighted by molar-refractivity contribution is 5.73. The Labute approximate surface area is 214 Å². The minimum absolute atomic E-state index is 0.0957. The molecule has 2 saturated heterocycles. The summed E-state index contributed by atoms with van der Waals surface area (Å²) in [6.07, 6.45) is 3.68. The minimum atomic E-state index is -0.570. The molecule has 0 aromatic heterocycles. The average Bonchev–Trinajstić information content (AvgIpc) is 2.90. The number of piperazine rings is 1. The molecular weight excluding hydrogens is 485 g/mol. The van der Waals surface area contributed by atoms with Gasteiger partial charge in [-0.1, -0.05) is 0 Å². The number of rotatable bonds is 3. The predicted molar refractivity (Wildman–Crippen MR) is 137 cm³/mol. The lowest BCUT2D eigenvalue weighted by Crippen LogP contribution is -2.48. The third-order valence-electron chi connectivity index (χ3n) is 5.99. The zero-order valence-electron chi connectivity index (χ0n) is 21.0. The molecule has 2 heterocycles. The van der Waals surface area contributed by atoms with Crippen molar-refractivity contribution in [2.75, 3.05) is 44.2 Å². The van der Waals surface area contributed by atoms with Gasteiger partial charge in [-0.15, -0.1) is 0 Å². The summed E-state index contributed by atoms with van der Waals surface area (Å²) in [5.74, 6) is -0.140. The average molecular weight is 518 g/mol. The van der Waals surface area contributed by atoms with Crippen LogP contribution in [0.5, 0.6) is 0 Å². The Hall–Kier alpha value is -4.09. The Morgan fingerprint density at radius 1 is 0.676 bits per heavy atom. The molecule has 2 aliphatic heterocycles.